The molecule has 9 nitrogen and oxygen atoms in total. The van der Waals surface area contributed by atoms with Crippen LogP contribution in [0.25, 0.3) is 0 Å². The third kappa shape index (κ3) is 6.34. The molecule has 3 aromatic carbocycles. The summed E-state index contributed by atoms with van der Waals surface area (Å²) in [5, 5.41) is 13.9. The quantitative estimate of drug-likeness (QED) is 0.269. The van der Waals surface area contributed by atoms with Crippen LogP contribution in [0.5, 0.6) is 5.88 Å². The van der Waals surface area contributed by atoms with Crippen molar-refractivity contribution in [3.63, 3.8) is 0 Å². The Bertz CT molecular complexity index is 1530. The van der Waals surface area contributed by atoms with Crippen LogP contribution in [0.4, 0.5) is 4.79 Å². The van der Waals surface area contributed by atoms with Gasteiger partial charge in [0, 0.05) is 12.5 Å². The summed E-state index contributed by atoms with van der Waals surface area (Å²) in [4.78, 5) is 12.4. The lowest BCUT2D eigenvalue weighted by atomic mass is 9.78. The molecule has 4 aromatic rings. The molecule has 0 fully saturated rings. The van der Waals surface area contributed by atoms with E-state index in [9.17, 15) is 9.00 Å². The fraction of sp³-hybridized carbons (Fsp3) is 0.312. The molecule has 0 aliphatic carbocycles. The van der Waals surface area contributed by atoms with Crippen LogP contribution in [0.1, 0.15) is 37.5 Å². The van der Waals surface area contributed by atoms with Crippen molar-refractivity contribution in [3.05, 3.63) is 114 Å². The topological polar surface area (TPSA) is 121 Å². The average Bonchev–Trinajstić information content (AvgIpc) is 3.43. The number of nitrogens with zero attached hydrogens (tertiary/aromatic N) is 3. The molecule has 1 aromatic heterocycles. The number of benzene rings is 3. The van der Waals surface area contributed by atoms with Crippen molar-refractivity contribution >= 4 is 16.0 Å². The summed E-state index contributed by atoms with van der Waals surface area (Å²) in [6.45, 7) is 7.39. The van der Waals surface area contributed by atoms with Crippen LogP contribution in [-0.2, 0) is 26.7 Å². The van der Waals surface area contributed by atoms with Gasteiger partial charge in [-0.2, -0.15) is 9.46 Å². The number of carbonyl (C=O) groups excluding carboxylic acids is 1. The highest BCUT2D eigenvalue weighted by Gasteiger charge is 2.39. The molecule has 5 rings (SSSR count). The molecule has 10 heteroatoms. The number of hydrogen-bond acceptors (Lipinski definition) is 6. The third-order valence-electron chi connectivity index (χ3n) is 6.98. The van der Waals surface area contributed by atoms with Gasteiger partial charge < -0.3 is 14.8 Å². The predicted octanol–water partition coefficient (Wildman–Crippen LogP) is 5.36. The Morgan fingerprint density at radius 3 is 2.02 bits per heavy atom. The Balaban J connectivity index is 1.49. The SMILES string of the molecule is CC(C)(C)COC(=O)NCC1COc2c(S(N)(=O)=NC(c3ccccc3)(c3ccccc3)c3ccccc3)cnn2C1. The second-order valence-corrected chi connectivity index (χ2v) is 13.4. The van der Waals surface area contributed by atoms with E-state index in [1.807, 2.05) is 112 Å². The molecular weight excluding hydrogens is 550 g/mol. The fourth-order valence-corrected chi connectivity index (χ4v) is 6.39. The minimum Gasteiger partial charge on any atom is -0.476 e. The molecule has 2 heterocycles. The second kappa shape index (κ2) is 12.0. The molecule has 42 heavy (non-hydrogen) atoms. The number of amides is 1. The molecule has 2 atom stereocenters. The predicted molar refractivity (Wildman–Crippen MR) is 162 cm³/mol. The van der Waals surface area contributed by atoms with Gasteiger partial charge in [0.15, 0.2) is 0 Å². The van der Waals surface area contributed by atoms with Crippen molar-refractivity contribution in [2.75, 3.05) is 19.8 Å². The first kappa shape index (κ1) is 29.3. The van der Waals surface area contributed by atoms with Crippen LogP contribution in [0.15, 0.2) is 106 Å². The van der Waals surface area contributed by atoms with E-state index in [4.69, 9.17) is 19.0 Å². The van der Waals surface area contributed by atoms with Gasteiger partial charge in [-0.1, -0.05) is 112 Å². The van der Waals surface area contributed by atoms with E-state index in [2.05, 4.69) is 10.4 Å². The van der Waals surface area contributed by atoms with E-state index in [1.165, 1.54) is 6.20 Å². The molecule has 0 saturated heterocycles. The Labute approximate surface area is 247 Å². The number of rotatable bonds is 8. The van der Waals surface area contributed by atoms with Gasteiger partial charge in [0.25, 0.3) is 0 Å². The smallest absolute Gasteiger partial charge is 0.407 e. The Morgan fingerprint density at radius 2 is 1.52 bits per heavy atom. The fourth-order valence-electron chi connectivity index (χ4n) is 4.96. The first-order chi connectivity index (χ1) is 20.1. The number of nitrogens with one attached hydrogen (secondary N) is 1. The zero-order chi connectivity index (χ0) is 29.8. The maximum Gasteiger partial charge on any atom is 0.407 e. The summed E-state index contributed by atoms with van der Waals surface area (Å²) in [6, 6.07) is 29.2. The normalized spacial score (nSPS) is 16.4. The van der Waals surface area contributed by atoms with E-state index in [0.29, 0.717) is 25.6 Å². The molecule has 1 aliphatic rings. The van der Waals surface area contributed by atoms with Gasteiger partial charge in [-0.05, 0) is 22.1 Å². The van der Waals surface area contributed by atoms with Gasteiger partial charge in [-0.3, -0.25) is 0 Å². The van der Waals surface area contributed by atoms with Crippen LogP contribution in [0.2, 0.25) is 0 Å². The number of nitrogens with two attached hydrogens (primary N) is 1. The summed E-state index contributed by atoms with van der Waals surface area (Å²) >= 11 is 0. The molecule has 3 N–H and O–H groups in total. The van der Waals surface area contributed by atoms with Crippen LogP contribution < -0.4 is 15.2 Å². The molecule has 220 valence electrons. The Morgan fingerprint density at radius 1 is 1.00 bits per heavy atom. The van der Waals surface area contributed by atoms with Crippen molar-refractivity contribution in [2.45, 2.75) is 37.8 Å². The summed E-state index contributed by atoms with van der Waals surface area (Å²) < 4.78 is 32.5. The van der Waals surface area contributed by atoms with E-state index in [0.717, 1.165) is 16.7 Å². The van der Waals surface area contributed by atoms with Crippen LogP contribution in [0, 0.1) is 11.3 Å². The van der Waals surface area contributed by atoms with Gasteiger partial charge in [-0.15, -0.1) is 0 Å². The van der Waals surface area contributed by atoms with Crippen molar-refractivity contribution in [1.82, 2.24) is 15.1 Å². The molecule has 2 unspecified atom stereocenters. The van der Waals surface area contributed by atoms with Crippen molar-refractivity contribution < 1.29 is 18.5 Å². The maximum absolute atomic E-state index is 14.5. The molecule has 0 spiro atoms. The standard InChI is InChI=1S/C32H37N5O4S/c1-31(2,3)23-41-30(38)34-19-24-21-37-29(40-22-24)28(20-35-37)42(33,39)36-32(25-13-7-4-8-14-25,26-15-9-5-10-16-26)27-17-11-6-12-18-27/h4-18,20,24H,19,21-23H2,1-3H3,(H,34,38)(H2,33,36,39). The lowest BCUT2D eigenvalue weighted by molar-refractivity contribution is 0.101. The van der Waals surface area contributed by atoms with Gasteiger partial charge >= 0.3 is 6.09 Å². The highest BCUT2D eigenvalue weighted by atomic mass is 32.2. The van der Waals surface area contributed by atoms with Crippen LogP contribution >= 0.6 is 0 Å². The molecule has 1 amide bonds. The molecule has 1 aliphatic heterocycles. The second-order valence-electron chi connectivity index (χ2n) is 11.7. The van der Waals surface area contributed by atoms with Gasteiger partial charge in [0.2, 0.25) is 5.88 Å². The first-order valence-corrected chi connectivity index (χ1v) is 15.5. The van der Waals surface area contributed by atoms with Crippen molar-refractivity contribution in [3.8, 4) is 5.88 Å². The van der Waals surface area contributed by atoms with Crippen molar-refractivity contribution in [1.29, 1.82) is 0 Å². The minimum atomic E-state index is -3.55. The average molecular weight is 588 g/mol. The Hall–Kier alpha value is -4.15. The highest BCUT2D eigenvalue weighted by Crippen LogP contribution is 2.42. The molecular formula is C32H37N5O4S. The lowest BCUT2D eigenvalue weighted by Crippen LogP contribution is -2.38. The van der Waals surface area contributed by atoms with Crippen molar-refractivity contribution in [2.24, 2.45) is 20.8 Å². The van der Waals surface area contributed by atoms with E-state index >= 15 is 0 Å². The van der Waals surface area contributed by atoms with E-state index in [-0.39, 0.29) is 22.8 Å². The summed E-state index contributed by atoms with van der Waals surface area (Å²) in [6.07, 6.45) is 1.00. The van der Waals surface area contributed by atoms with Gasteiger partial charge in [-0.25, -0.2) is 18.8 Å². The number of carbonyl (C=O) groups is 1. The lowest BCUT2D eigenvalue weighted by Gasteiger charge is -2.32. The van der Waals surface area contributed by atoms with Crippen LogP contribution in [-0.4, -0.2) is 39.8 Å². The zero-order valence-electron chi connectivity index (χ0n) is 24.1. The largest absolute Gasteiger partial charge is 0.476 e. The third-order valence-corrected chi connectivity index (χ3v) is 8.44. The number of fused-ring (bicyclic) bond motifs is 1. The summed E-state index contributed by atoms with van der Waals surface area (Å²) in [5.74, 6) is 0.260. The van der Waals surface area contributed by atoms with E-state index in [1.54, 1.807) is 4.68 Å². The molecule has 0 bridgehead atoms. The van der Waals surface area contributed by atoms with Gasteiger partial charge in [0.1, 0.15) is 20.3 Å². The summed E-state index contributed by atoms with van der Waals surface area (Å²) in [5.41, 5.74) is 1.19. The number of hydrogen-bond donors (Lipinski definition) is 2. The van der Waals surface area contributed by atoms with E-state index < -0.39 is 21.5 Å². The minimum absolute atomic E-state index is 0.0600. The van der Waals surface area contributed by atoms with Crippen LogP contribution in [0.3, 0.4) is 0 Å². The Kier molecular flexibility index (Phi) is 8.38. The number of alkyl carbamates (subject to hydrolysis) is 1. The maximum atomic E-state index is 14.5. The zero-order valence-corrected chi connectivity index (χ0v) is 24.9. The first-order valence-electron chi connectivity index (χ1n) is 13.9. The highest BCUT2D eigenvalue weighted by molar-refractivity contribution is 7.91. The summed E-state index contributed by atoms with van der Waals surface area (Å²) in [7, 11) is -3.55. The number of aromatic nitrogens is 2. The molecule has 0 radical (unpaired) electrons. The van der Waals surface area contributed by atoms with Gasteiger partial charge in [0.05, 0.1) is 26.0 Å². The monoisotopic (exact) mass is 587 g/mol. The number of ether oxygens (including phenoxy) is 2. The molecule has 0 saturated carbocycles.